The number of pyridine rings is 1. The molecule has 4 nitrogen and oxygen atoms in total. The molecule has 0 bridgehead atoms. The summed E-state index contributed by atoms with van der Waals surface area (Å²) in [5.41, 5.74) is 15.8. The quantitative estimate of drug-likeness (QED) is 0.123. The smallest absolute Gasteiger partial charge is 0 e. The molecule has 0 saturated heterocycles. The molecule has 1 radical (unpaired) electrons. The van der Waals surface area contributed by atoms with Gasteiger partial charge in [0.15, 0.2) is 0 Å². The van der Waals surface area contributed by atoms with E-state index in [4.69, 9.17) is 9.40 Å². The molecule has 6 aromatic carbocycles. The predicted molar refractivity (Wildman–Crippen MR) is 250 cm³/mol. The van der Waals surface area contributed by atoms with Gasteiger partial charge in [-0.15, -0.1) is 18.2 Å². The first-order chi connectivity index (χ1) is 28.3. The maximum Gasteiger partial charge on any atom is 0 e. The zero-order chi connectivity index (χ0) is 41.2. The largest absolute Gasteiger partial charge is 0 e. The van der Waals surface area contributed by atoms with Crippen LogP contribution in [0.2, 0.25) is 17.3 Å². The first-order valence-electron chi connectivity index (χ1n) is 20.9. The van der Waals surface area contributed by atoms with Crippen LogP contribution in [-0.2, 0) is 25.5 Å². The number of furan rings is 1. The van der Waals surface area contributed by atoms with E-state index >= 15 is 0 Å². The van der Waals surface area contributed by atoms with Gasteiger partial charge in [0.25, 0.3) is 0 Å². The van der Waals surface area contributed by atoms with E-state index in [2.05, 4.69) is 178 Å². The number of benzene rings is 6. The van der Waals surface area contributed by atoms with Crippen molar-refractivity contribution in [3.63, 3.8) is 0 Å². The molecule has 303 valence electrons. The number of aromatic nitrogens is 3. The van der Waals surface area contributed by atoms with Crippen LogP contribution in [0, 0.1) is 12.1 Å². The van der Waals surface area contributed by atoms with Gasteiger partial charge >= 0.3 is 99.8 Å². The zero-order valence-electron chi connectivity index (χ0n) is 35.9. The average molecular weight is 1020 g/mol. The minimum atomic E-state index is -1.72. The second kappa shape index (κ2) is 16.1. The molecule has 10 rings (SSSR count). The van der Waals surface area contributed by atoms with Crippen LogP contribution in [0.25, 0.3) is 72.4 Å². The number of nitrogens with zero attached hydrogens (tertiary/aromatic N) is 3. The van der Waals surface area contributed by atoms with E-state index in [1.54, 1.807) is 0 Å². The summed E-state index contributed by atoms with van der Waals surface area (Å²) < 4.78 is 10.6. The number of imidazole rings is 1. The van der Waals surface area contributed by atoms with E-state index < -0.39 is 13.3 Å². The molecule has 9 aromatic rings. The van der Waals surface area contributed by atoms with Crippen LogP contribution in [0.15, 0.2) is 138 Å². The molecule has 3 aromatic heterocycles. The van der Waals surface area contributed by atoms with Gasteiger partial charge < -0.3 is 8.98 Å². The van der Waals surface area contributed by atoms with Crippen molar-refractivity contribution in [2.45, 2.75) is 76.1 Å². The minimum Gasteiger partial charge on any atom is 0 e. The normalized spacial score (nSPS) is 13.1. The summed E-state index contributed by atoms with van der Waals surface area (Å²) in [5.74, 6) is 8.70. The van der Waals surface area contributed by atoms with Gasteiger partial charge in [0, 0.05) is 36.6 Å². The molecule has 3 heterocycles. The zero-order valence-corrected chi connectivity index (χ0v) is 40.4. The Bertz CT molecular complexity index is 2980. The van der Waals surface area contributed by atoms with E-state index in [-0.39, 0.29) is 25.5 Å². The Morgan fingerprint density at radius 2 is 1.40 bits per heavy atom. The predicted octanol–water partition coefficient (Wildman–Crippen LogP) is 14.0. The molecule has 1 aliphatic carbocycles. The van der Waals surface area contributed by atoms with Gasteiger partial charge in [-0.3, -0.25) is 4.98 Å². The van der Waals surface area contributed by atoms with E-state index in [9.17, 15) is 0 Å². The molecule has 0 spiro atoms. The fraction of sp³-hybridized carbons (Fsp3) is 0.222. The molecule has 0 atom stereocenters. The minimum absolute atomic E-state index is 0. The molecule has 0 aliphatic heterocycles. The molecule has 6 heteroatoms. The van der Waals surface area contributed by atoms with Crippen molar-refractivity contribution in [2.24, 2.45) is 0 Å². The number of hydrogen-bond donors (Lipinski definition) is 0. The fourth-order valence-corrected chi connectivity index (χ4v) is 11.0. The third kappa shape index (κ3) is 7.19. The van der Waals surface area contributed by atoms with Crippen LogP contribution in [0.1, 0.15) is 75.6 Å². The monoisotopic (exact) mass is 1020 g/mol. The van der Waals surface area contributed by atoms with Crippen LogP contribution < -0.4 is 4.40 Å². The summed E-state index contributed by atoms with van der Waals surface area (Å²) in [5, 5.41) is 2.23. The Kier molecular flexibility index (Phi) is 11.2. The maximum absolute atomic E-state index is 6.80. The molecule has 1 aliphatic rings. The first kappa shape index (κ1) is 41.7. The number of para-hydroxylation sites is 3. The molecule has 0 unspecified atom stereocenters. The van der Waals surface area contributed by atoms with Crippen LogP contribution in [0.4, 0.5) is 0 Å². The summed E-state index contributed by atoms with van der Waals surface area (Å²) in [6, 6.07) is 51.7. The molecule has 0 fully saturated rings. The van der Waals surface area contributed by atoms with Crippen LogP contribution in [0.5, 0.6) is 0 Å². The van der Waals surface area contributed by atoms with Crippen molar-refractivity contribution in [3.05, 3.63) is 168 Å². The topological polar surface area (TPSA) is 43.9 Å². The van der Waals surface area contributed by atoms with E-state index in [0.717, 1.165) is 55.6 Å². The Morgan fingerprint density at radius 1 is 0.683 bits per heavy atom. The van der Waals surface area contributed by atoms with Crippen molar-refractivity contribution in [1.82, 2.24) is 14.5 Å². The van der Waals surface area contributed by atoms with Gasteiger partial charge in [0.1, 0.15) is 5.58 Å². The summed E-state index contributed by atoms with van der Waals surface area (Å²) in [4.78, 5) is 9.80. The Labute approximate surface area is 370 Å². The molecular formula is C54H51GeIrN3O-2. The van der Waals surface area contributed by atoms with Gasteiger partial charge in [0.05, 0.1) is 22.4 Å². The van der Waals surface area contributed by atoms with Crippen molar-refractivity contribution >= 4 is 50.6 Å². The number of fused-ring (bicyclic) bond motifs is 7. The first-order valence-corrected chi connectivity index (χ1v) is 28.2. The van der Waals surface area contributed by atoms with Crippen LogP contribution in [0.3, 0.4) is 0 Å². The third-order valence-corrected chi connectivity index (χ3v) is 16.4. The Hall–Kier alpha value is -5.07. The summed E-state index contributed by atoms with van der Waals surface area (Å²) in [6.45, 7) is 13.7. The molecule has 60 heavy (non-hydrogen) atoms. The third-order valence-electron chi connectivity index (χ3n) is 12.1. The fourth-order valence-electron chi connectivity index (χ4n) is 8.84. The molecule has 0 saturated carbocycles. The van der Waals surface area contributed by atoms with E-state index in [1.807, 2.05) is 36.5 Å². The Morgan fingerprint density at radius 3 is 2.08 bits per heavy atom. The standard InChI is InChI=1S/C40H35N2O.C14H16GeN.Ir/c1-23(2)25-14-11-15-26(24(3)4)37(25)42-35-20-10-9-19-34(35)41-39(42)29-17-12-16-28-31-21-33-30(22-36(31)43-38(28)29)27-13-7-8-18-32(27)40(33,5)6;1-15(2,3)13-9-10-14(16-11-13)12-7-5-4-6-8-12;/h7-16,18-24H,1-6H3;4-7,9-11H,1-3H3;/q2*-1;. The van der Waals surface area contributed by atoms with E-state index in [0.29, 0.717) is 11.8 Å². The van der Waals surface area contributed by atoms with Gasteiger partial charge in [-0.2, -0.15) is 0 Å². The number of rotatable bonds is 6. The SMILES string of the molecule is CC(C)c1cccc(C(C)C)c1-n1c(-c2[c-]ccc3c2oc2cc4c(cc23)C(C)(C)c2ccccc2-4)nc2ccccc21.[CH3][Ge]([CH3])([CH3])[c]1ccc(-c2[c-]cccc2)nc1.[Ir]. The van der Waals surface area contributed by atoms with Crippen molar-refractivity contribution in [2.75, 3.05) is 0 Å². The van der Waals surface area contributed by atoms with Gasteiger partial charge in [0.2, 0.25) is 0 Å². The maximum atomic E-state index is 6.80. The van der Waals surface area contributed by atoms with Crippen LogP contribution in [-0.4, -0.2) is 27.8 Å². The second-order valence-corrected chi connectivity index (χ2v) is 28.7. The van der Waals surface area contributed by atoms with Gasteiger partial charge in [-0.1, -0.05) is 107 Å². The summed E-state index contributed by atoms with van der Waals surface area (Å²) >= 11 is -1.72. The molecule has 0 amide bonds. The Balaban J connectivity index is 0.000000248. The number of hydrogen-bond acceptors (Lipinski definition) is 3. The van der Waals surface area contributed by atoms with Gasteiger partial charge in [-0.25, -0.2) is 0 Å². The van der Waals surface area contributed by atoms with Crippen molar-refractivity contribution in [3.8, 4) is 39.5 Å². The summed E-state index contributed by atoms with van der Waals surface area (Å²) in [6.07, 6.45) is 2.04. The van der Waals surface area contributed by atoms with E-state index in [1.165, 1.54) is 43.5 Å². The molecular weight excluding hydrogens is 971 g/mol. The second-order valence-electron chi connectivity index (χ2n) is 18.1. The van der Waals surface area contributed by atoms with Gasteiger partial charge in [-0.05, 0) is 69.5 Å². The van der Waals surface area contributed by atoms with Crippen LogP contribution >= 0.6 is 0 Å². The van der Waals surface area contributed by atoms with Crippen molar-refractivity contribution in [1.29, 1.82) is 0 Å². The average Bonchev–Trinajstić information content (AvgIpc) is 3.87. The molecule has 0 N–H and O–H groups in total. The summed E-state index contributed by atoms with van der Waals surface area (Å²) in [7, 11) is 0. The van der Waals surface area contributed by atoms with Crippen molar-refractivity contribution < 1.29 is 24.5 Å².